The number of aliphatic hydroxyl groups excluding tert-OH is 2. The highest BCUT2D eigenvalue weighted by Crippen LogP contribution is 2.49. The zero-order chi connectivity index (χ0) is 44.5. The Balaban J connectivity index is 1.73. The molecule has 1 aliphatic carbocycles. The Morgan fingerprint density at radius 1 is 0.917 bits per heavy atom. The van der Waals surface area contributed by atoms with Crippen molar-refractivity contribution in [2.75, 3.05) is 20.2 Å². The van der Waals surface area contributed by atoms with Crippen LogP contribution < -0.4 is 14.8 Å². The molecule has 9 unspecified atom stereocenters. The number of carbonyl (C=O) groups is 6. The van der Waals surface area contributed by atoms with Crippen molar-refractivity contribution in [1.29, 1.82) is 0 Å². The second-order valence-electron chi connectivity index (χ2n) is 16.8. The maximum absolute atomic E-state index is 15.0. The van der Waals surface area contributed by atoms with Crippen molar-refractivity contribution in [2.45, 2.75) is 112 Å². The van der Waals surface area contributed by atoms with Crippen LogP contribution in [0.4, 0.5) is 0 Å². The lowest BCUT2D eigenvalue weighted by atomic mass is 9.78. The first-order valence-electron chi connectivity index (χ1n) is 20.5. The number of methoxy groups -OCH3 is 1. The number of aliphatic hydroxyl groups is 2. The molecule has 0 saturated carbocycles. The molecule has 60 heavy (non-hydrogen) atoms. The van der Waals surface area contributed by atoms with Gasteiger partial charge in [-0.3, -0.25) is 28.8 Å². The van der Waals surface area contributed by atoms with E-state index in [1.807, 2.05) is 0 Å². The van der Waals surface area contributed by atoms with Crippen LogP contribution in [0.15, 0.2) is 47.5 Å². The number of amides is 1. The fourth-order valence-electron chi connectivity index (χ4n) is 8.25. The molecule has 3 N–H and O–H groups in total. The average Bonchev–Trinajstić information content (AvgIpc) is 3.82. The summed E-state index contributed by atoms with van der Waals surface area (Å²) in [5, 5.41) is 25.6. The Morgan fingerprint density at radius 3 is 2.17 bits per heavy atom. The highest BCUT2D eigenvalue weighted by molar-refractivity contribution is 6.32. The SMILES string of the molecule is COC1/C=C/OC2(C)Oc3c(C)c(OC(=O)C(C)C)c4c(c3C2=O)C(=O)C(N2CCCC2)=C(NC(=O)/C(C)=C\C=C\C(C)C(O)C(C)C(O)C(C)C(OC(C)=O)C1C)C4=O. The first kappa shape index (κ1) is 46.0. The summed E-state index contributed by atoms with van der Waals surface area (Å²) in [7, 11) is 1.43. The predicted octanol–water partition coefficient (Wildman–Crippen LogP) is 4.91. The zero-order valence-electron chi connectivity index (χ0n) is 36.2. The summed E-state index contributed by atoms with van der Waals surface area (Å²) in [6.45, 7) is 16.5. The number of Topliss-reactive ketones (excluding diaryl/α,β-unsaturated/α-hetero) is 3. The normalized spacial score (nSPS) is 32.2. The molecular weight excluding hydrogens is 776 g/mol. The average molecular weight is 835 g/mol. The number of likely N-dealkylation sites (tertiary alicyclic amines) is 1. The minimum absolute atomic E-state index is 0.0799. The topological polar surface area (TPSA) is 204 Å². The van der Waals surface area contributed by atoms with Crippen molar-refractivity contribution < 1.29 is 62.7 Å². The number of fused-ring (bicyclic) bond motifs is 14. The highest BCUT2D eigenvalue weighted by Gasteiger charge is 2.53. The van der Waals surface area contributed by atoms with Crippen LogP contribution in [-0.2, 0) is 28.6 Å². The van der Waals surface area contributed by atoms with Crippen LogP contribution in [0.3, 0.4) is 0 Å². The number of ether oxygens (including phenoxy) is 5. The molecule has 6 rings (SSSR count). The van der Waals surface area contributed by atoms with Crippen molar-refractivity contribution in [3.63, 3.8) is 0 Å². The highest BCUT2D eigenvalue weighted by atomic mass is 16.7. The van der Waals surface area contributed by atoms with E-state index in [1.54, 1.807) is 58.6 Å². The molecule has 15 nitrogen and oxygen atoms in total. The Labute approximate surface area is 350 Å². The summed E-state index contributed by atoms with van der Waals surface area (Å²) in [4.78, 5) is 85.5. The predicted molar refractivity (Wildman–Crippen MR) is 218 cm³/mol. The number of hydrogen-bond acceptors (Lipinski definition) is 14. The van der Waals surface area contributed by atoms with Crippen LogP contribution >= 0.6 is 0 Å². The lowest BCUT2D eigenvalue weighted by Crippen LogP contribution is -2.46. The monoisotopic (exact) mass is 834 g/mol. The van der Waals surface area contributed by atoms with Crippen molar-refractivity contribution in [2.24, 2.45) is 29.6 Å². The second-order valence-corrected chi connectivity index (χ2v) is 16.8. The van der Waals surface area contributed by atoms with E-state index in [9.17, 15) is 39.0 Å². The van der Waals surface area contributed by atoms with Gasteiger partial charge < -0.3 is 44.1 Å². The Kier molecular flexibility index (Phi) is 14.0. The zero-order valence-corrected chi connectivity index (χ0v) is 36.2. The third-order valence-electron chi connectivity index (χ3n) is 12.0. The number of carbonyl (C=O) groups excluding carboxylic acids is 6. The van der Waals surface area contributed by atoms with E-state index < -0.39 is 95.0 Å². The molecule has 15 heteroatoms. The van der Waals surface area contributed by atoms with Gasteiger partial charge in [-0.1, -0.05) is 59.8 Å². The van der Waals surface area contributed by atoms with E-state index in [2.05, 4.69) is 5.32 Å². The van der Waals surface area contributed by atoms with E-state index in [0.29, 0.717) is 25.9 Å². The number of esters is 2. The van der Waals surface area contributed by atoms with Crippen molar-refractivity contribution in [1.82, 2.24) is 10.2 Å². The molecular formula is C45H58N2O13. The number of nitrogens with zero attached hydrogens (tertiary/aromatic N) is 1. The molecule has 5 bridgehead atoms. The van der Waals surface area contributed by atoms with Gasteiger partial charge >= 0.3 is 17.7 Å². The third kappa shape index (κ3) is 8.70. The second kappa shape index (κ2) is 18.2. The molecule has 5 aliphatic rings. The van der Waals surface area contributed by atoms with E-state index in [4.69, 9.17) is 23.7 Å². The van der Waals surface area contributed by atoms with E-state index >= 15 is 0 Å². The van der Waals surface area contributed by atoms with Gasteiger partial charge in [-0.15, -0.1) is 0 Å². The Bertz CT molecular complexity index is 2060. The first-order chi connectivity index (χ1) is 28.2. The number of ketones is 3. The molecule has 4 heterocycles. The van der Waals surface area contributed by atoms with Crippen LogP contribution in [0.2, 0.25) is 0 Å². The van der Waals surface area contributed by atoms with E-state index in [0.717, 1.165) is 0 Å². The van der Waals surface area contributed by atoms with Crippen LogP contribution in [0.5, 0.6) is 11.5 Å². The standard InChI is InChI=1S/C45H58N2O13/c1-21(2)44(55)59-40-27(8)41-32-30-31(40)37(51)33(34(38(30)52)47-18-12-13-19-47)46-43(54)23(4)16-14-15-22(3)35(49)25(6)36(50)26(7)39(58-28(9)48)24(5)29(56-11)17-20-57-45(10,60-41)42(32)53/h14-17,20-22,24-26,29,35-36,39,49-50H,12-13,18-19H2,1-11H3,(H,46,54)/b15-14+,20-17+,23-16-. The van der Waals surface area contributed by atoms with Crippen LogP contribution in [0.25, 0.3) is 0 Å². The third-order valence-corrected chi connectivity index (χ3v) is 12.0. The van der Waals surface area contributed by atoms with Gasteiger partial charge in [-0.05, 0) is 32.8 Å². The quantitative estimate of drug-likeness (QED) is 0.267. The van der Waals surface area contributed by atoms with Crippen LogP contribution in [-0.4, -0.2) is 101 Å². The van der Waals surface area contributed by atoms with Gasteiger partial charge in [0.2, 0.25) is 11.6 Å². The number of hydrogen-bond donors (Lipinski definition) is 3. The van der Waals surface area contributed by atoms with Gasteiger partial charge in [0.25, 0.3) is 11.7 Å². The number of nitrogens with one attached hydrogen (secondary N) is 1. The first-order valence-corrected chi connectivity index (χ1v) is 20.5. The van der Waals surface area contributed by atoms with E-state index in [1.165, 1.54) is 53.2 Å². The van der Waals surface area contributed by atoms with Gasteiger partial charge in [0.1, 0.15) is 29.0 Å². The fraction of sp³-hybridized carbons (Fsp3) is 0.556. The van der Waals surface area contributed by atoms with Gasteiger partial charge in [-0.25, -0.2) is 0 Å². The Morgan fingerprint density at radius 2 is 1.57 bits per heavy atom. The summed E-state index contributed by atoms with van der Waals surface area (Å²) in [5.74, 6) is -10.1. The summed E-state index contributed by atoms with van der Waals surface area (Å²) < 4.78 is 29.6. The van der Waals surface area contributed by atoms with Crippen LogP contribution in [0.1, 0.15) is 112 Å². The van der Waals surface area contributed by atoms with Gasteiger partial charge in [0, 0.05) is 68.9 Å². The molecule has 9 atom stereocenters. The maximum atomic E-state index is 15.0. The molecule has 1 fully saturated rings. The van der Waals surface area contributed by atoms with Crippen molar-refractivity contribution in [3.05, 3.63) is 69.8 Å². The molecule has 1 amide bonds. The van der Waals surface area contributed by atoms with Gasteiger partial charge in [-0.2, -0.15) is 0 Å². The van der Waals surface area contributed by atoms with E-state index in [-0.39, 0.29) is 50.7 Å². The minimum atomic E-state index is -2.10. The molecule has 1 aromatic rings. The molecule has 0 spiro atoms. The summed E-state index contributed by atoms with van der Waals surface area (Å²) in [6, 6.07) is 0. The van der Waals surface area contributed by atoms with Gasteiger partial charge in [0.15, 0.2) is 0 Å². The molecule has 326 valence electrons. The Hall–Kier alpha value is -5.12. The minimum Gasteiger partial charge on any atom is -0.462 e. The summed E-state index contributed by atoms with van der Waals surface area (Å²) in [5.41, 5.74) is -1.14. The smallest absolute Gasteiger partial charge is 0.313 e. The lowest BCUT2D eigenvalue weighted by Gasteiger charge is -2.38. The van der Waals surface area contributed by atoms with Crippen molar-refractivity contribution >= 4 is 35.2 Å². The summed E-state index contributed by atoms with van der Waals surface area (Å²) >= 11 is 0. The van der Waals surface area contributed by atoms with Crippen LogP contribution in [0, 0.1) is 36.5 Å². The maximum Gasteiger partial charge on any atom is 0.313 e. The number of rotatable bonds is 5. The fourth-order valence-corrected chi connectivity index (χ4v) is 8.25. The lowest BCUT2D eigenvalue weighted by molar-refractivity contribution is -0.160. The molecule has 0 aromatic heterocycles. The summed E-state index contributed by atoms with van der Waals surface area (Å²) in [6.07, 6.45) is 4.85. The van der Waals surface area contributed by atoms with Gasteiger partial charge in [0.05, 0.1) is 47.2 Å². The number of benzene rings is 1. The molecule has 4 aliphatic heterocycles. The molecule has 1 saturated heterocycles. The number of allylic oxidation sites excluding steroid dienone is 4. The molecule has 1 aromatic carbocycles. The largest absolute Gasteiger partial charge is 0.462 e. The van der Waals surface area contributed by atoms with Crippen molar-refractivity contribution in [3.8, 4) is 11.5 Å². The molecule has 0 radical (unpaired) electrons.